The lowest BCUT2D eigenvalue weighted by atomic mass is 9.47. The molecule has 2 saturated carbocycles. The molecule has 1 aromatic carbocycles. The van der Waals surface area contributed by atoms with Gasteiger partial charge in [0.1, 0.15) is 11.9 Å². The highest BCUT2D eigenvalue weighted by atomic mass is 16.7. The standard InChI is InChI=1S/C32H39N3O6/c1-5-33-29(38)41-34-18-20-7-6-8-22(15-20)35-30(39)40-27-17-32(4)25(19(2)36)11-12-26(32)24-10-9-21-16-23(37)13-14-31(21,3)28(24)27/h6-10,15-16,18,24-28H,5,11-14,17H2,1-4H3,(H,33,38)(H,35,39)/b34-18+/t24-,25+,26-,27-,28-,31+,32+/m0/s1. The zero-order valence-corrected chi connectivity index (χ0v) is 24.1. The van der Waals surface area contributed by atoms with Crippen molar-refractivity contribution in [3.05, 3.63) is 53.6 Å². The number of amides is 2. The fraction of sp³-hybridized carbons (Fsp3) is 0.531. The molecule has 0 aliphatic heterocycles. The summed E-state index contributed by atoms with van der Waals surface area (Å²) >= 11 is 0. The fourth-order valence-electron chi connectivity index (χ4n) is 8.16. The highest BCUT2D eigenvalue weighted by Crippen LogP contribution is 2.65. The molecule has 2 fully saturated rings. The Morgan fingerprint density at radius 1 is 1.17 bits per heavy atom. The second-order valence-electron chi connectivity index (χ2n) is 12.3. The first-order valence-electron chi connectivity index (χ1n) is 14.5. The van der Waals surface area contributed by atoms with Crippen LogP contribution in [0.25, 0.3) is 0 Å². The van der Waals surface area contributed by atoms with Crippen LogP contribution in [0.15, 0.2) is 53.2 Å². The van der Waals surface area contributed by atoms with E-state index in [-0.39, 0.29) is 40.2 Å². The number of fused-ring (bicyclic) bond motifs is 5. The van der Waals surface area contributed by atoms with Gasteiger partial charge < -0.3 is 10.1 Å². The van der Waals surface area contributed by atoms with Gasteiger partial charge in [-0.15, -0.1) is 0 Å². The van der Waals surface area contributed by atoms with E-state index in [1.54, 1.807) is 44.2 Å². The molecule has 218 valence electrons. The summed E-state index contributed by atoms with van der Waals surface area (Å²) in [5.41, 5.74) is 1.58. The Hall–Kier alpha value is -3.75. The average Bonchev–Trinajstić information content (AvgIpc) is 3.26. The molecule has 9 nitrogen and oxygen atoms in total. The van der Waals surface area contributed by atoms with Gasteiger partial charge in [-0.1, -0.05) is 43.3 Å². The zero-order valence-electron chi connectivity index (χ0n) is 24.1. The van der Waals surface area contributed by atoms with E-state index >= 15 is 0 Å². The molecule has 0 spiro atoms. The normalized spacial score (nSPS) is 33.7. The second-order valence-corrected chi connectivity index (χ2v) is 12.3. The van der Waals surface area contributed by atoms with Gasteiger partial charge in [0, 0.05) is 30.5 Å². The summed E-state index contributed by atoms with van der Waals surface area (Å²) in [6, 6.07) is 6.97. The van der Waals surface area contributed by atoms with Crippen molar-refractivity contribution in [2.24, 2.45) is 39.7 Å². The number of rotatable bonds is 6. The monoisotopic (exact) mass is 561 g/mol. The average molecular weight is 562 g/mol. The SMILES string of the molecule is CCNC(=O)O/N=C/c1cccc(NC(=O)O[C@H]2C[C@]3(C)[C@@H](C(C)=O)CC[C@H]3[C@@H]3C=CC4=CC(=O)CC[C@@]4(C)[C@@H]32)c1. The maximum absolute atomic E-state index is 13.4. The lowest BCUT2D eigenvalue weighted by Gasteiger charge is -2.58. The van der Waals surface area contributed by atoms with Crippen LogP contribution in [0.2, 0.25) is 0 Å². The van der Waals surface area contributed by atoms with Crippen LogP contribution in [-0.4, -0.2) is 42.6 Å². The highest BCUT2D eigenvalue weighted by molar-refractivity contribution is 5.92. The molecule has 41 heavy (non-hydrogen) atoms. The Morgan fingerprint density at radius 3 is 2.73 bits per heavy atom. The van der Waals surface area contributed by atoms with Crippen molar-refractivity contribution in [2.75, 3.05) is 11.9 Å². The van der Waals surface area contributed by atoms with Gasteiger partial charge in [-0.25, -0.2) is 9.59 Å². The third-order valence-corrected chi connectivity index (χ3v) is 9.97. The molecular formula is C32H39N3O6. The molecule has 5 rings (SSSR count). The molecule has 7 atom stereocenters. The molecule has 2 N–H and O–H groups in total. The zero-order chi connectivity index (χ0) is 29.4. The summed E-state index contributed by atoms with van der Waals surface area (Å²) < 4.78 is 6.27. The molecule has 4 aliphatic rings. The number of ketones is 2. The molecule has 0 saturated heterocycles. The number of carbonyl (C=O) groups excluding carboxylic acids is 4. The number of anilines is 1. The van der Waals surface area contributed by atoms with Gasteiger partial charge in [-0.3, -0.25) is 19.7 Å². The van der Waals surface area contributed by atoms with E-state index in [1.165, 1.54) is 6.21 Å². The van der Waals surface area contributed by atoms with Crippen LogP contribution >= 0.6 is 0 Å². The number of ether oxygens (including phenoxy) is 1. The predicted molar refractivity (Wildman–Crippen MR) is 154 cm³/mol. The molecule has 2 amide bonds. The van der Waals surface area contributed by atoms with Crippen LogP contribution in [0.4, 0.5) is 15.3 Å². The minimum absolute atomic E-state index is 0.00580. The van der Waals surface area contributed by atoms with Crippen molar-refractivity contribution < 1.29 is 28.8 Å². The van der Waals surface area contributed by atoms with Crippen molar-refractivity contribution in [3.63, 3.8) is 0 Å². The Balaban J connectivity index is 1.38. The van der Waals surface area contributed by atoms with Gasteiger partial charge in [-0.05, 0) is 91.5 Å². The number of hydrogen-bond acceptors (Lipinski definition) is 7. The smallest absolute Gasteiger partial charge is 0.433 e. The van der Waals surface area contributed by atoms with Crippen LogP contribution < -0.4 is 10.6 Å². The van der Waals surface area contributed by atoms with Crippen molar-refractivity contribution in [1.82, 2.24) is 5.32 Å². The lowest BCUT2D eigenvalue weighted by molar-refractivity contribution is -0.134. The molecular weight excluding hydrogens is 522 g/mol. The van der Waals surface area contributed by atoms with E-state index in [2.05, 4.69) is 41.8 Å². The van der Waals surface area contributed by atoms with Gasteiger partial charge in [0.25, 0.3) is 0 Å². The van der Waals surface area contributed by atoms with Gasteiger partial charge in [0.15, 0.2) is 5.78 Å². The fourth-order valence-corrected chi connectivity index (χ4v) is 8.16. The van der Waals surface area contributed by atoms with E-state index in [1.807, 2.05) is 0 Å². The summed E-state index contributed by atoms with van der Waals surface area (Å²) in [6.07, 6.45) is 9.42. The third-order valence-electron chi connectivity index (χ3n) is 9.97. The van der Waals surface area contributed by atoms with Gasteiger partial charge in [-0.2, -0.15) is 0 Å². The molecule has 0 unspecified atom stereocenters. The summed E-state index contributed by atoms with van der Waals surface area (Å²) in [5, 5.41) is 9.02. The van der Waals surface area contributed by atoms with Crippen molar-refractivity contribution in [1.29, 1.82) is 0 Å². The van der Waals surface area contributed by atoms with Crippen molar-refractivity contribution in [3.8, 4) is 0 Å². The van der Waals surface area contributed by atoms with Crippen LogP contribution in [0.1, 0.15) is 65.4 Å². The van der Waals surface area contributed by atoms with Gasteiger partial charge >= 0.3 is 12.2 Å². The quantitative estimate of drug-likeness (QED) is 0.257. The molecule has 0 aromatic heterocycles. The van der Waals surface area contributed by atoms with Gasteiger partial charge in [0.05, 0.1) is 6.21 Å². The lowest BCUT2D eigenvalue weighted by Crippen LogP contribution is -2.57. The number of allylic oxidation sites excluding steroid dienone is 4. The molecule has 9 heteroatoms. The van der Waals surface area contributed by atoms with E-state index in [0.717, 1.165) is 18.4 Å². The largest absolute Gasteiger partial charge is 0.446 e. The maximum Gasteiger partial charge on any atom is 0.433 e. The molecule has 0 heterocycles. The number of Topliss-reactive ketones (excluding diaryl/α,β-unsaturated/α-hetero) is 1. The van der Waals surface area contributed by atoms with Crippen molar-refractivity contribution in [2.45, 2.75) is 65.9 Å². The maximum atomic E-state index is 13.4. The number of hydrogen-bond donors (Lipinski definition) is 2. The topological polar surface area (TPSA) is 123 Å². The number of nitrogens with zero attached hydrogens (tertiary/aromatic N) is 1. The predicted octanol–water partition coefficient (Wildman–Crippen LogP) is 5.81. The summed E-state index contributed by atoms with van der Waals surface area (Å²) in [6.45, 7) is 8.28. The first kappa shape index (κ1) is 28.8. The Labute approximate surface area is 240 Å². The molecule has 1 aromatic rings. The third kappa shape index (κ3) is 5.46. The highest BCUT2D eigenvalue weighted by Gasteiger charge is 2.63. The summed E-state index contributed by atoms with van der Waals surface area (Å²) in [5.74, 6) is 0.734. The van der Waals surface area contributed by atoms with E-state index in [9.17, 15) is 19.2 Å². The minimum atomic E-state index is -0.649. The summed E-state index contributed by atoms with van der Waals surface area (Å²) in [4.78, 5) is 54.6. The van der Waals surface area contributed by atoms with E-state index in [0.29, 0.717) is 43.0 Å². The van der Waals surface area contributed by atoms with Crippen LogP contribution in [0.3, 0.4) is 0 Å². The number of nitrogens with one attached hydrogen (secondary N) is 2. The molecule has 0 bridgehead atoms. The first-order valence-corrected chi connectivity index (χ1v) is 14.5. The van der Waals surface area contributed by atoms with Gasteiger partial charge in [0.2, 0.25) is 0 Å². The number of carbonyl (C=O) groups is 4. The van der Waals surface area contributed by atoms with E-state index in [4.69, 9.17) is 9.57 Å². The van der Waals surface area contributed by atoms with Crippen LogP contribution in [-0.2, 0) is 19.2 Å². The second kappa shape index (κ2) is 11.3. The van der Waals surface area contributed by atoms with E-state index < -0.39 is 18.3 Å². The minimum Gasteiger partial charge on any atom is -0.446 e. The Bertz CT molecular complexity index is 1330. The summed E-state index contributed by atoms with van der Waals surface area (Å²) in [7, 11) is 0. The molecule has 4 aliphatic carbocycles. The molecule has 0 radical (unpaired) electrons. The Morgan fingerprint density at radius 2 is 1.98 bits per heavy atom. The number of oxime groups is 1. The number of benzene rings is 1. The van der Waals surface area contributed by atoms with Crippen LogP contribution in [0, 0.1) is 34.5 Å². The first-order chi connectivity index (χ1) is 19.5. The van der Waals surface area contributed by atoms with Crippen LogP contribution in [0.5, 0.6) is 0 Å². The van der Waals surface area contributed by atoms with Crippen molar-refractivity contribution >= 4 is 35.7 Å². The Kier molecular flexibility index (Phi) is 7.90.